The second-order valence-corrected chi connectivity index (χ2v) is 4.96. The van der Waals surface area contributed by atoms with E-state index >= 15 is 0 Å². The van der Waals surface area contributed by atoms with Gasteiger partial charge in [-0.2, -0.15) is 10.2 Å². The van der Waals surface area contributed by atoms with Gasteiger partial charge in [-0.05, 0) is 19.4 Å². The Hall–Kier alpha value is -2.64. The molecule has 0 atom stereocenters. The van der Waals surface area contributed by atoms with Crippen LogP contribution in [-0.2, 0) is 17.9 Å². The molecule has 2 N–H and O–H groups in total. The standard InChI is InChI=1S/C14H19N5O3/c1-3-6-19-12(9-10(2)16-19)15-14(22)11-4-7-18(17-11)8-5-13(20)21/h4,7,9H,3,5-6,8H2,1-2H3,(H,15,22)(H,20,21). The maximum atomic E-state index is 12.2. The second kappa shape index (κ2) is 6.88. The number of carboxylic acids is 1. The predicted molar refractivity (Wildman–Crippen MR) is 79.7 cm³/mol. The molecule has 0 spiro atoms. The molecule has 2 rings (SSSR count). The van der Waals surface area contributed by atoms with Crippen LogP contribution in [0, 0.1) is 6.92 Å². The summed E-state index contributed by atoms with van der Waals surface area (Å²) in [6.07, 6.45) is 2.46. The Labute approximate surface area is 127 Å². The first-order valence-electron chi connectivity index (χ1n) is 7.10. The first-order chi connectivity index (χ1) is 10.5. The van der Waals surface area contributed by atoms with E-state index in [1.165, 1.54) is 4.68 Å². The lowest BCUT2D eigenvalue weighted by Crippen LogP contribution is -2.17. The lowest BCUT2D eigenvalue weighted by molar-refractivity contribution is -0.137. The van der Waals surface area contributed by atoms with E-state index in [-0.39, 0.29) is 24.6 Å². The third-order valence-corrected chi connectivity index (χ3v) is 3.01. The predicted octanol–water partition coefficient (Wildman–Crippen LogP) is 1.53. The number of rotatable bonds is 7. The first-order valence-corrected chi connectivity index (χ1v) is 7.10. The largest absolute Gasteiger partial charge is 0.481 e. The summed E-state index contributed by atoms with van der Waals surface area (Å²) in [6, 6.07) is 3.36. The molecule has 0 unspecified atom stereocenters. The second-order valence-electron chi connectivity index (χ2n) is 4.96. The lowest BCUT2D eigenvalue weighted by Gasteiger charge is -2.06. The van der Waals surface area contributed by atoms with Gasteiger partial charge in [0, 0.05) is 18.8 Å². The summed E-state index contributed by atoms with van der Waals surface area (Å²) < 4.78 is 3.19. The number of hydrogen-bond donors (Lipinski definition) is 2. The molecule has 0 fully saturated rings. The van der Waals surface area contributed by atoms with Gasteiger partial charge in [0.25, 0.3) is 5.91 Å². The molecule has 0 aromatic carbocycles. The zero-order chi connectivity index (χ0) is 16.1. The third-order valence-electron chi connectivity index (χ3n) is 3.01. The van der Waals surface area contributed by atoms with E-state index in [0.29, 0.717) is 5.82 Å². The number of aryl methyl sites for hydroxylation is 3. The number of nitrogens with zero attached hydrogens (tertiary/aromatic N) is 4. The average Bonchev–Trinajstić information content (AvgIpc) is 3.04. The number of carboxylic acid groups (broad SMARTS) is 1. The molecule has 2 aromatic heterocycles. The van der Waals surface area contributed by atoms with Crippen molar-refractivity contribution in [1.29, 1.82) is 0 Å². The van der Waals surface area contributed by atoms with Gasteiger partial charge in [-0.25, -0.2) is 4.68 Å². The van der Waals surface area contributed by atoms with Crippen LogP contribution >= 0.6 is 0 Å². The third kappa shape index (κ3) is 3.94. The number of amides is 1. The quantitative estimate of drug-likeness (QED) is 0.807. The lowest BCUT2D eigenvalue weighted by atomic mass is 10.4. The van der Waals surface area contributed by atoms with E-state index in [1.54, 1.807) is 23.0 Å². The summed E-state index contributed by atoms with van der Waals surface area (Å²) in [5, 5.41) is 19.8. The number of nitrogens with one attached hydrogen (secondary N) is 1. The van der Waals surface area contributed by atoms with Crippen LogP contribution in [0.25, 0.3) is 0 Å². The molecule has 118 valence electrons. The molecule has 0 saturated heterocycles. The van der Waals surface area contributed by atoms with Crippen LogP contribution in [0.2, 0.25) is 0 Å². The molecule has 2 heterocycles. The molecule has 0 aliphatic heterocycles. The number of hydrogen-bond acceptors (Lipinski definition) is 4. The van der Waals surface area contributed by atoms with Gasteiger partial charge in [0.1, 0.15) is 5.82 Å². The highest BCUT2D eigenvalue weighted by Gasteiger charge is 2.13. The Morgan fingerprint density at radius 1 is 1.32 bits per heavy atom. The molecule has 0 radical (unpaired) electrons. The number of aromatic nitrogens is 4. The molecular weight excluding hydrogens is 286 g/mol. The van der Waals surface area contributed by atoms with Crippen molar-refractivity contribution in [3.8, 4) is 0 Å². The van der Waals surface area contributed by atoms with Gasteiger partial charge >= 0.3 is 5.97 Å². The summed E-state index contributed by atoms with van der Waals surface area (Å²) in [6.45, 7) is 4.85. The number of carbonyl (C=O) groups excluding carboxylic acids is 1. The van der Waals surface area contributed by atoms with Crippen LogP contribution < -0.4 is 5.32 Å². The molecule has 0 aliphatic carbocycles. The van der Waals surface area contributed by atoms with Crippen molar-refractivity contribution >= 4 is 17.7 Å². The number of anilines is 1. The van der Waals surface area contributed by atoms with Crippen LogP contribution in [0.3, 0.4) is 0 Å². The highest BCUT2D eigenvalue weighted by Crippen LogP contribution is 2.12. The SMILES string of the molecule is CCCn1nc(C)cc1NC(=O)c1ccn(CCC(=O)O)n1. The van der Waals surface area contributed by atoms with Crippen molar-refractivity contribution in [2.45, 2.75) is 39.8 Å². The Morgan fingerprint density at radius 2 is 2.09 bits per heavy atom. The van der Waals surface area contributed by atoms with Crippen LogP contribution in [0.1, 0.15) is 35.9 Å². The van der Waals surface area contributed by atoms with E-state index < -0.39 is 5.97 Å². The molecule has 1 amide bonds. The van der Waals surface area contributed by atoms with Gasteiger partial charge in [-0.1, -0.05) is 6.92 Å². The summed E-state index contributed by atoms with van der Waals surface area (Å²) >= 11 is 0. The van der Waals surface area contributed by atoms with Gasteiger partial charge in [-0.3, -0.25) is 14.3 Å². The molecule has 0 saturated carbocycles. The highest BCUT2D eigenvalue weighted by molar-refractivity contribution is 6.02. The summed E-state index contributed by atoms with van der Waals surface area (Å²) in [7, 11) is 0. The summed E-state index contributed by atoms with van der Waals surface area (Å²) in [5.74, 6) is -0.615. The van der Waals surface area contributed by atoms with E-state index in [2.05, 4.69) is 15.5 Å². The van der Waals surface area contributed by atoms with Crippen LogP contribution in [0.4, 0.5) is 5.82 Å². The Balaban J connectivity index is 2.04. The zero-order valence-corrected chi connectivity index (χ0v) is 12.6. The molecule has 22 heavy (non-hydrogen) atoms. The van der Waals surface area contributed by atoms with E-state index in [0.717, 1.165) is 18.7 Å². The van der Waals surface area contributed by atoms with Crippen molar-refractivity contribution in [2.75, 3.05) is 5.32 Å². The zero-order valence-electron chi connectivity index (χ0n) is 12.6. The number of carbonyl (C=O) groups is 2. The molecule has 8 nitrogen and oxygen atoms in total. The van der Waals surface area contributed by atoms with E-state index in [9.17, 15) is 9.59 Å². The van der Waals surface area contributed by atoms with Gasteiger partial charge in [0.05, 0.1) is 18.7 Å². The van der Waals surface area contributed by atoms with Crippen molar-refractivity contribution in [1.82, 2.24) is 19.6 Å². The van der Waals surface area contributed by atoms with Crippen LogP contribution in [0.15, 0.2) is 18.3 Å². The minimum Gasteiger partial charge on any atom is -0.481 e. The molecule has 0 bridgehead atoms. The minimum absolute atomic E-state index is 0.0365. The van der Waals surface area contributed by atoms with Crippen LogP contribution in [0.5, 0.6) is 0 Å². The van der Waals surface area contributed by atoms with Gasteiger partial charge in [0.2, 0.25) is 0 Å². The van der Waals surface area contributed by atoms with Crippen LogP contribution in [-0.4, -0.2) is 36.5 Å². The highest BCUT2D eigenvalue weighted by atomic mass is 16.4. The van der Waals surface area contributed by atoms with Crippen molar-refractivity contribution in [3.05, 3.63) is 29.7 Å². The smallest absolute Gasteiger partial charge is 0.305 e. The van der Waals surface area contributed by atoms with Crippen molar-refractivity contribution in [2.24, 2.45) is 0 Å². The molecular formula is C14H19N5O3. The average molecular weight is 305 g/mol. The fourth-order valence-electron chi connectivity index (χ4n) is 2.03. The first kappa shape index (κ1) is 15.7. The fraction of sp³-hybridized carbons (Fsp3) is 0.429. The van der Waals surface area contributed by atoms with Gasteiger partial charge < -0.3 is 10.4 Å². The Bertz CT molecular complexity index is 674. The monoisotopic (exact) mass is 305 g/mol. The maximum Gasteiger partial charge on any atom is 0.305 e. The van der Waals surface area contributed by atoms with Gasteiger partial charge in [0.15, 0.2) is 5.69 Å². The normalized spacial score (nSPS) is 10.6. The van der Waals surface area contributed by atoms with Crippen molar-refractivity contribution < 1.29 is 14.7 Å². The molecule has 0 aliphatic rings. The molecule has 8 heteroatoms. The number of aliphatic carboxylic acids is 1. The van der Waals surface area contributed by atoms with Gasteiger partial charge in [-0.15, -0.1) is 0 Å². The minimum atomic E-state index is -0.902. The Morgan fingerprint density at radius 3 is 2.77 bits per heavy atom. The summed E-state index contributed by atoms with van der Waals surface area (Å²) in [5.41, 5.74) is 1.07. The Kier molecular flexibility index (Phi) is 4.92. The van der Waals surface area contributed by atoms with Crippen molar-refractivity contribution in [3.63, 3.8) is 0 Å². The van der Waals surface area contributed by atoms with E-state index in [1.807, 2.05) is 13.8 Å². The topological polar surface area (TPSA) is 102 Å². The van der Waals surface area contributed by atoms with E-state index in [4.69, 9.17) is 5.11 Å². The molecule has 2 aromatic rings. The maximum absolute atomic E-state index is 12.2. The fourth-order valence-corrected chi connectivity index (χ4v) is 2.03. The summed E-state index contributed by atoms with van der Waals surface area (Å²) in [4.78, 5) is 22.7.